The smallest absolute Gasteiger partial charge is 0.208 e. The molecule has 1 aromatic heterocycles. The molecule has 2 rings (SSSR count). The number of aromatic nitrogens is 2. The first-order valence-corrected chi connectivity index (χ1v) is 7.81. The first kappa shape index (κ1) is 13.1. The average molecular weight is 272 g/mol. The fraction of sp³-hybridized carbons (Fsp3) is 0.818. The van der Waals surface area contributed by atoms with E-state index in [0.717, 1.165) is 16.0 Å². The van der Waals surface area contributed by atoms with Crippen LogP contribution < -0.4 is 10.2 Å². The van der Waals surface area contributed by atoms with E-state index in [2.05, 4.69) is 22.4 Å². The fourth-order valence-corrected chi connectivity index (χ4v) is 4.44. The Balaban J connectivity index is 1.94. The lowest BCUT2D eigenvalue weighted by molar-refractivity contribution is 0.551. The summed E-state index contributed by atoms with van der Waals surface area (Å²) >= 11 is 3.58. The lowest BCUT2D eigenvalue weighted by Gasteiger charge is -2.18. The van der Waals surface area contributed by atoms with Gasteiger partial charge in [-0.05, 0) is 19.4 Å². The molecule has 1 aliphatic rings. The highest BCUT2D eigenvalue weighted by Crippen LogP contribution is 2.37. The van der Waals surface area contributed by atoms with Crippen LogP contribution in [0.3, 0.4) is 0 Å². The highest BCUT2D eigenvalue weighted by molar-refractivity contribution is 8.01. The zero-order chi connectivity index (χ0) is 12.3. The third-order valence-corrected chi connectivity index (χ3v) is 5.52. The van der Waals surface area contributed by atoms with E-state index in [-0.39, 0.29) is 0 Å². The molecule has 0 aliphatic heterocycles. The molecule has 0 spiro atoms. The minimum absolute atomic E-state index is 0.650. The Labute approximate surface area is 111 Å². The summed E-state index contributed by atoms with van der Waals surface area (Å²) in [5.74, 6) is 0. The summed E-state index contributed by atoms with van der Waals surface area (Å²) in [6.45, 7) is 3.23. The van der Waals surface area contributed by atoms with Gasteiger partial charge in [-0.2, -0.15) is 0 Å². The minimum Gasteiger partial charge on any atom is -0.353 e. The van der Waals surface area contributed by atoms with Gasteiger partial charge in [-0.25, -0.2) is 0 Å². The Kier molecular flexibility index (Phi) is 4.64. The van der Waals surface area contributed by atoms with Crippen molar-refractivity contribution in [2.24, 2.45) is 0 Å². The summed E-state index contributed by atoms with van der Waals surface area (Å²) in [6, 6.07) is 0.650. The lowest BCUT2D eigenvalue weighted by atomic mass is 10.2. The van der Waals surface area contributed by atoms with Crippen LogP contribution in [-0.2, 0) is 0 Å². The van der Waals surface area contributed by atoms with Crippen LogP contribution >= 0.6 is 23.1 Å². The van der Waals surface area contributed by atoms with Gasteiger partial charge in [0, 0.05) is 25.4 Å². The largest absolute Gasteiger partial charge is 0.353 e. The lowest BCUT2D eigenvalue weighted by Crippen LogP contribution is -2.33. The van der Waals surface area contributed by atoms with Crippen molar-refractivity contribution in [3.05, 3.63) is 0 Å². The van der Waals surface area contributed by atoms with Gasteiger partial charge in [-0.1, -0.05) is 36.4 Å². The molecule has 1 aliphatic carbocycles. The van der Waals surface area contributed by atoms with Gasteiger partial charge in [-0.3, -0.25) is 0 Å². The first-order chi connectivity index (χ1) is 8.20. The van der Waals surface area contributed by atoms with Crippen LogP contribution in [0.2, 0.25) is 0 Å². The molecule has 17 heavy (non-hydrogen) atoms. The van der Waals surface area contributed by atoms with E-state index in [1.54, 1.807) is 11.3 Å². The van der Waals surface area contributed by atoms with Crippen molar-refractivity contribution < 1.29 is 0 Å². The zero-order valence-corrected chi connectivity index (χ0v) is 12.3. The maximum atomic E-state index is 4.26. The van der Waals surface area contributed by atoms with Gasteiger partial charge in [0.15, 0.2) is 4.34 Å². The number of nitrogens with zero attached hydrogens (tertiary/aromatic N) is 3. The molecule has 0 bridgehead atoms. The second-order valence-corrected chi connectivity index (χ2v) is 6.94. The van der Waals surface area contributed by atoms with Gasteiger partial charge < -0.3 is 10.2 Å². The number of rotatable bonds is 5. The molecule has 1 heterocycles. The standard InChI is InChI=1S/C11H20N4S2/c1-4-12-8-6-5-7-9(8)16-11-14-13-10(17-11)15(2)3/h8-9,12H,4-7H2,1-3H3. The van der Waals surface area contributed by atoms with Gasteiger partial charge >= 0.3 is 0 Å². The monoisotopic (exact) mass is 272 g/mol. The predicted octanol–water partition coefficient (Wildman–Crippen LogP) is 2.23. The number of anilines is 1. The van der Waals surface area contributed by atoms with E-state index >= 15 is 0 Å². The molecule has 0 radical (unpaired) electrons. The third-order valence-electron chi connectivity index (χ3n) is 2.95. The highest BCUT2D eigenvalue weighted by Gasteiger charge is 2.28. The van der Waals surface area contributed by atoms with Gasteiger partial charge in [-0.15, -0.1) is 10.2 Å². The van der Waals surface area contributed by atoms with Crippen molar-refractivity contribution in [3.8, 4) is 0 Å². The van der Waals surface area contributed by atoms with Crippen LogP contribution in [0.4, 0.5) is 5.13 Å². The Morgan fingerprint density at radius 1 is 1.41 bits per heavy atom. The number of hydrogen-bond donors (Lipinski definition) is 1. The maximum absolute atomic E-state index is 4.26. The Hall–Kier alpha value is -0.330. The van der Waals surface area contributed by atoms with Crippen molar-refractivity contribution in [2.75, 3.05) is 25.5 Å². The average Bonchev–Trinajstić information content (AvgIpc) is 2.90. The fourth-order valence-electron chi connectivity index (χ4n) is 2.12. The van der Waals surface area contributed by atoms with Crippen molar-refractivity contribution in [3.63, 3.8) is 0 Å². The van der Waals surface area contributed by atoms with E-state index in [4.69, 9.17) is 0 Å². The molecule has 0 saturated heterocycles. The van der Waals surface area contributed by atoms with Crippen molar-refractivity contribution in [2.45, 2.75) is 41.8 Å². The number of hydrogen-bond acceptors (Lipinski definition) is 6. The van der Waals surface area contributed by atoms with Gasteiger partial charge in [0.1, 0.15) is 0 Å². The normalized spacial score (nSPS) is 24.2. The molecule has 0 aromatic carbocycles. The molecule has 1 aromatic rings. The summed E-state index contributed by atoms with van der Waals surface area (Å²) < 4.78 is 1.10. The molecule has 96 valence electrons. The molecule has 1 saturated carbocycles. The quantitative estimate of drug-likeness (QED) is 0.890. The molecule has 4 nitrogen and oxygen atoms in total. The Morgan fingerprint density at radius 3 is 2.88 bits per heavy atom. The minimum atomic E-state index is 0.650. The van der Waals surface area contributed by atoms with Gasteiger partial charge in [0.25, 0.3) is 0 Å². The summed E-state index contributed by atoms with van der Waals surface area (Å²) in [6.07, 6.45) is 3.92. The second-order valence-electron chi connectivity index (χ2n) is 4.50. The topological polar surface area (TPSA) is 41.1 Å². The van der Waals surface area contributed by atoms with E-state index in [1.807, 2.05) is 30.8 Å². The number of nitrogens with one attached hydrogen (secondary N) is 1. The van der Waals surface area contributed by atoms with Gasteiger partial charge in [0.05, 0.1) is 0 Å². The molecule has 2 atom stereocenters. The summed E-state index contributed by atoms with van der Waals surface area (Å²) in [7, 11) is 4.01. The van der Waals surface area contributed by atoms with Crippen LogP contribution in [0.25, 0.3) is 0 Å². The molecule has 0 amide bonds. The SMILES string of the molecule is CCNC1CCCC1Sc1nnc(N(C)C)s1. The predicted molar refractivity (Wildman–Crippen MR) is 75.2 cm³/mol. The van der Waals surface area contributed by atoms with Crippen molar-refractivity contribution in [1.82, 2.24) is 15.5 Å². The summed E-state index contributed by atoms with van der Waals surface area (Å²) in [5.41, 5.74) is 0. The molecule has 1 N–H and O–H groups in total. The summed E-state index contributed by atoms with van der Waals surface area (Å²) in [4.78, 5) is 2.01. The van der Waals surface area contributed by atoms with Gasteiger partial charge in [0.2, 0.25) is 5.13 Å². The molecular formula is C11H20N4S2. The van der Waals surface area contributed by atoms with Crippen molar-refractivity contribution in [1.29, 1.82) is 0 Å². The maximum Gasteiger partial charge on any atom is 0.208 e. The summed E-state index contributed by atoms with van der Waals surface area (Å²) in [5, 5.41) is 13.7. The van der Waals surface area contributed by atoms with E-state index in [9.17, 15) is 0 Å². The molecule has 1 fully saturated rings. The highest BCUT2D eigenvalue weighted by atomic mass is 32.2. The molecular weight excluding hydrogens is 252 g/mol. The van der Waals surface area contributed by atoms with Crippen LogP contribution in [0, 0.1) is 0 Å². The van der Waals surface area contributed by atoms with Crippen LogP contribution in [0.1, 0.15) is 26.2 Å². The zero-order valence-electron chi connectivity index (χ0n) is 10.6. The van der Waals surface area contributed by atoms with Crippen molar-refractivity contribution >= 4 is 28.2 Å². The Bertz CT molecular complexity index is 353. The van der Waals surface area contributed by atoms with Crippen LogP contribution in [0.15, 0.2) is 4.34 Å². The first-order valence-electron chi connectivity index (χ1n) is 6.11. The van der Waals surface area contributed by atoms with Crippen LogP contribution in [0.5, 0.6) is 0 Å². The van der Waals surface area contributed by atoms with E-state index in [1.165, 1.54) is 19.3 Å². The van der Waals surface area contributed by atoms with E-state index < -0.39 is 0 Å². The molecule has 2 unspecified atom stereocenters. The second kappa shape index (κ2) is 6.02. The van der Waals surface area contributed by atoms with Crippen LogP contribution in [-0.4, -0.2) is 42.1 Å². The third kappa shape index (κ3) is 3.33. The van der Waals surface area contributed by atoms with E-state index in [0.29, 0.717) is 11.3 Å². The molecule has 6 heteroatoms. The number of thioether (sulfide) groups is 1. The Morgan fingerprint density at radius 2 is 2.24 bits per heavy atom.